The second kappa shape index (κ2) is 5.88. The number of rotatable bonds is 5. The molecule has 2 heterocycles. The molecular weight excluding hydrogens is 322 g/mol. The molecule has 0 unspecified atom stereocenters. The Bertz CT molecular complexity index is 546. The van der Waals surface area contributed by atoms with E-state index in [0.29, 0.717) is 6.54 Å². The zero-order valence-electron chi connectivity index (χ0n) is 9.27. The monoisotopic (exact) mass is 333 g/mol. The van der Waals surface area contributed by atoms with Crippen LogP contribution in [0.4, 0.5) is 0 Å². The topological polar surface area (TPSA) is 50.7 Å². The molecule has 0 aliphatic rings. The Labute approximate surface area is 116 Å². The number of aromatic nitrogens is 3. The van der Waals surface area contributed by atoms with Crippen molar-refractivity contribution in [1.82, 2.24) is 14.8 Å². The molecule has 0 aliphatic carbocycles. The van der Waals surface area contributed by atoms with Crippen molar-refractivity contribution in [2.45, 2.75) is 30.8 Å². The first-order chi connectivity index (χ1) is 8.20. The summed E-state index contributed by atoms with van der Waals surface area (Å²) in [5, 5.41) is 9.35. The third kappa shape index (κ3) is 3.23. The fourth-order valence-corrected chi connectivity index (χ4v) is 3.88. The molecule has 0 saturated carbocycles. The molecule has 2 rings (SSSR count). The van der Waals surface area contributed by atoms with Crippen molar-refractivity contribution in [2.24, 2.45) is 0 Å². The molecule has 0 bridgehead atoms. The second-order valence-electron chi connectivity index (χ2n) is 3.48. The number of thiophene rings is 1. The number of aromatic amines is 1. The van der Waals surface area contributed by atoms with E-state index < -0.39 is 0 Å². The number of nitrogens with one attached hydrogen (secondary N) is 1. The number of halogens is 1. The standard InChI is InChI=1S/C10H12BrN3OS2/c1-2-3-14-9(15)12-13-10(14)17-6-8-4-7(11)5-16-8/h4-5H,2-3,6H2,1H3,(H,12,15). The summed E-state index contributed by atoms with van der Waals surface area (Å²) in [6.45, 7) is 2.76. The third-order valence-electron chi connectivity index (χ3n) is 2.14. The van der Waals surface area contributed by atoms with Crippen molar-refractivity contribution in [1.29, 1.82) is 0 Å². The maximum atomic E-state index is 11.5. The minimum absolute atomic E-state index is 0.123. The van der Waals surface area contributed by atoms with E-state index in [1.807, 2.05) is 6.92 Å². The summed E-state index contributed by atoms with van der Waals surface area (Å²) in [5.41, 5.74) is -0.123. The lowest BCUT2D eigenvalue weighted by Gasteiger charge is -2.01. The van der Waals surface area contributed by atoms with E-state index >= 15 is 0 Å². The average Bonchev–Trinajstić information content (AvgIpc) is 2.86. The largest absolute Gasteiger partial charge is 0.343 e. The van der Waals surface area contributed by atoms with Crippen LogP contribution in [0.15, 0.2) is 25.9 Å². The highest BCUT2D eigenvalue weighted by atomic mass is 79.9. The molecule has 4 nitrogen and oxygen atoms in total. The molecule has 0 atom stereocenters. The number of hydrogen-bond donors (Lipinski definition) is 1. The molecule has 2 aromatic heterocycles. The van der Waals surface area contributed by atoms with E-state index in [4.69, 9.17) is 0 Å². The van der Waals surface area contributed by atoms with Crippen LogP contribution in [0.1, 0.15) is 18.2 Å². The molecule has 0 aromatic carbocycles. The van der Waals surface area contributed by atoms with Gasteiger partial charge in [-0.3, -0.25) is 4.57 Å². The molecule has 0 saturated heterocycles. The second-order valence-corrected chi connectivity index (χ2v) is 6.34. The third-order valence-corrected chi connectivity index (χ3v) is 5.04. The number of hydrogen-bond acceptors (Lipinski definition) is 4. The fraction of sp³-hybridized carbons (Fsp3) is 0.400. The summed E-state index contributed by atoms with van der Waals surface area (Å²) < 4.78 is 2.79. The Morgan fingerprint density at radius 2 is 2.47 bits per heavy atom. The molecule has 0 fully saturated rings. The predicted molar refractivity (Wildman–Crippen MR) is 74.7 cm³/mol. The highest BCUT2D eigenvalue weighted by Crippen LogP contribution is 2.26. The summed E-state index contributed by atoms with van der Waals surface area (Å²) in [6, 6.07) is 2.09. The van der Waals surface area contributed by atoms with Crippen LogP contribution in [-0.4, -0.2) is 14.8 Å². The van der Waals surface area contributed by atoms with Crippen LogP contribution in [-0.2, 0) is 12.3 Å². The lowest BCUT2D eigenvalue weighted by Crippen LogP contribution is -2.17. The molecule has 0 radical (unpaired) electrons. The maximum Gasteiger partial charge on any atom is 0.343 e. The first kappa shape index (κ1) is 12.9. The smallest absolute Gasteiger partial charge is 0.270 e. The van der Waals surface area contributed by atoms with Gasteiger partial charge < -0.3 is 0 Å². The summed E-state index contributed by atoms with van der Waals surface area (Å²) in [5.74, 6) is 0.838. The highest BCUT2D eigenvalue weighted by Gasteiger charge is 2.08. The number of thioether (sulfide) groups is 1. The van der Waals surface area contributed by atoms with Crippen molar-refractivity contribution in [3.05, 3.63) is 31.3 Å². The van der Waals surface area contributed by atoms with Gasteiger partial charge in [0.15, 0.2) is 5.16 Å². The molecule has 0 aliphatic heterocycles. The van der Waals surface area contributed by atoms with Gasteiger partial charge in [-0.15, -0.1) is 16.4 Å². The first-order valence-electron chi connectivity index (χ1n) is 5.21. The van der Waals surface area contributed by atoms with Crippen LogP contribution < -0.4 is 5.69 Å². The van der Waals surface area contributed by atoms with Crippen LogP contribution in [0, 0.1) is 0 Å². The molecule has 1 N–H and O–H groups in total. The summed E-state index contributed by atoms with van der Waals surface area (Å²) >= 11 is 6.71. The number of H-pyrrole nitrogens is 1. The Balaban J connectivity index is 2.06. The van der Waals surface area contributed by atoms with Crippen molar-refractivity contribution in [2.75, 3.05) is 0 Å². The van der Waals surface area contributed by atoms with Crippen LogP contribution in [0.2, 0.25) is 0 Å². The van der Waals surface area contributed by atoms with E-state index in [0.717, 1.165) is 21.8 Å². The maximum absolute atomic E-state index is 11.5. The zero-order valence-corrected chi connectivity index (χ0v) is 12.5. The predicted octanol–water partition coefficient (Wildman–Crippen LogP) is 3.10. The normalized spacial score (nSPS) is 10.9. The highest BCUT2D eigenvalue weighted by molar-refractivity contribution is 9.10. The molecule has 17 heavy (non-hydrogen) atoms. The molecule has 2 aromatic rings. The van der Waals surface area contributed by atoms with Gasteiger partial charge in [0.1, 0.15) is 0 Å². The van der Waals surface area contributed by atoms with Gasteiger partial charge in [-0.05, 0) is 28.4 Å². The van der Waals surface area contributed by atoms with E-state index in [1.165, 1.54) is 4.88 Å². The van der Waals surface area contributed by atoms with Gasteiger partial charge in [0.2, 0.25) is 0 Å². The molecule has 0 spiro atoms. The minimum atomic E-state index is -0.123. The summed E-state index contributed by atoms with van der Waals surface area (Å²) in [4.78, 5) is 12.7. The molecule has 0 amide bonds. The zero-order chi connectivity index (χ0) is 12.3. The van der Waals surface area contributed by atoms with E-state index in [-0.39, 0.29) is 5.69 Å². The van der Waals surface area contributed by atoms with Gasteiger partial charge in [-0.2, -0.15) is 0 Å². The van der Waals surface area contributed by atoms with E-state index in [2.05, 4.69) is 37.6 Å². The Morgan fingerprint density at radius 1 is 1.65 bits per heavy atom. The van der Waals surface area contributed by atoms with Crippen molar-refractivity contribution < 1.29 is 0 Å². The van der Waals surface area contributed by atoms with Crippen LogP contribution >= 0.6 is 39.0 Å². The van der Waals surface area contributed by atoms with Crippen molar-refractivity contribution >= 4 is 39.0 Å². The number of nitrogens with zero attached hydrogens (tertiary/aromatic N) is 2. The fourth-order valence-electron chi connectivity index (χ4n) is 1.40. The van der Waals surface area contributed by atoms with Crippen LogP contribution in [0.25, 0.3) is 0 Å². The van der Waals surface area contributed by atoms with E-state index in [1.54, 1.807) is 27.7 Å². The van der Waals surface area contributed by atoms with E-state index in [9.17, 15) is 4.79 Å². The van der Waals surface area contributed by atoms with Crippen LogP contribution in [0.3, 0.4) is 0 Å². The van der Waals surface area contributed by atoms with Gasteiger partial charge in [-0.1, -0.05) is 18.7 Å². The first-order valence-corrected chi connectivity index (χ1v) is 7.87. The Hall–Kier alpha value is -0.530. The Morgan fingerprint density at radius 3 is 3.12 bits per heavy atom. The minimum Gasteiger partial charge on any atom is -0.270 e. The molecule has 7 heteroatoms. The molecule has 92 valence electrons. The van der Waals surface area contributed by atoms with Crippen LogP contribution in [0.5, 0.6) is 0 Å². The average molecular weight is 334 g/mol. The Kier molecular flexibility index (Phi) is 4.47. The van der Waals surface area contributed by atoms with Gasteiger partial charge in [0.05, 0.1) is 0 Å². The van der Waals surface area contributed by atoms with Gasteiger partial charge >= 0.3 is 5.69 Å². The lowest BCUT2D eigenvalue weighted by molar-refractivity contribution is 0.604. The van der Waals surface area contributed by atoms with Gasteiger partial charge in [0, 0.05) is 27.0 Å². The van der Waals surface area contributed by atoms with Crippen molar-refractivity contribution in [3.63, 3.8) is 0 Å². The van der Waals surface area contributed by atoms with Crippen molar-refractivity contribution in [3.8, 4) is 0 Å². The molecular formula is C10H12BrN3OS2. The summed E-state index contributed by atoms with van der Waals surface area (Å²) in [7, 11) is 0. The van der Waals surface area contributed by atoms with Gasteiger partial charge in [0.25, 0.3) is 0 Å². The van der Waals surface area contributed by atoms with Gasteiger partial charge in [-0.25, -0.2) is 9.89 Å². The summed E-state index contributed by atoms with van der Waals surface area (Å²) in [6.07, 6.45) is 0.928. The quantitative estimate of drug-likeness (QED) is 0.855. The SMILES string of the molecule is CCCn1c(SCc2cc(Br)cs2)n[nH]c1=O. The lowest BCUT2D eigenvalue weighted by atomic mass is 10.5.